The summed E-state index contributed by atoms with van der Waals surface area (Å²) in [4.78, 5) is 0. The van der Waals surface area contributed by atoms with Crippen molar-refractivity contribution >= 4 is 30.6 Å². The molecule has 1 aromatic rings. The predicted molar refractivity (Wildman–Crippen MR) is 60.1 cm³/mol. The summed E-state index contributed by atoms with van der Waals surface area (Å²) < 4.78 is 10.7. The van der Waals surface area contributed by atoms with E-state index >= 15 is 0 Å². The molecule has 1 saturated heterocycles. The van der Waals surface area contributed by atoms with Gasteiger partial charge in [-0.3, -0.25) is 0 Å². The monoisotopic (exact) mass is 247 g/mol. The van der Waals surface area contributed by atoms with Crippen LogP contribution in [0.4, 0.5) is 0 Å². The van der Waals surface area contributed by atoms with E-state index in [9.17, 15) is 0 Å². The van der Waals surface area contributed by atoms with Crippen LogP contribution >= 0.6 is 18.8 Å². The van der Waals surface area contributed by atoms with Crippen molar-refractivity contribution in [2.24, 2.45) is 0 Å². The first kappa shape index (κ1) is 10.5. The van der Waals surface area contributed by atoms with Crippen molar-refractivity contribution in [2.45, 2.75) is 12.5 Å². The molecule has 74 valence electrons. The third-order valence-electron chi connectivity index (χ3n) is 2.01. The fourth-order valence-corrected chi connectivity index (χ4v) is 2.84. The van der Waals surface area contributed by atoms with E-state index in [2.05, 4.69) is 0 Å². The van der Waals surface area contributed by atoms with Gasteiger partial charge in [-0.25, -0.2) is 0 Å². The second-order valence-electron chi connectivity index (χ2n) is 2.99. The molecule has 0 radical (unpaired) electrons. The zero-order chi connectivity index (χ0) is 9.97. The third-order valence-corrected chi connectivity index (χ3v) is 3.64. The molecule has 0 N–H and O–H groups in total. The van der Waals surface area contributed by atoms with Crippen LogP contribution in [0.3, 0.4) is 0 Å². The maximum atomic E-state index is 5.89. The van der Waals surface area contributed by atoms with E-state index in [1.807, 2.05) is 24.3 Å². The van der Waals surface area contributed by atoms with Gasteiger partial charge in [-0.2, -0.15) is 0 Å². The average molecular weight is 248 g/mol. The van der Waals surface area contributed by atoms with Crippen LogP contribution in [0.2, 0.25) is 5.02 Å². The van der Waals surface area contributed by atoms with E-state index in [1.165, 1.54) is 0 Å². The molecule has 0 aliphatic carbocycles. The summed E-state index contributed by atoms with van der Waals surface area (Å²) in [6.07, 6.45) is 0.890. The van der Waals surface area contributed by atoms with Crippen LogP contribution in [0.5, 0.6) is 0 Å². The lowest BCUT2D eigenvalue weighted by atomic mass is 10.1. The molecule has 14 heavy (non-hydrogen) atoms. The molecule has 1 aliphatic heterocycles. The molecule has 5 heteroatoms. The Balaban J connectivity index is 2.17. The van der Waals surface area contributed by atoms with Gasteiger partial charge in [0.2, 0.25) is 11.8 Å². The molecule has 2 atom stereocenters. The van der Waals surface area contributed by atoms with Crippen LogP contribution in [-0.2, 0) is 20.9 Å². The van der Waals surface area contributed by atoms with Crippen molar-refractivity contribution in [2.75, 3.05) is 6.61 Å². The van der Waals surface area contributed by atoms with Crippen molar-refractivity contribution in [3.63, 3.8) is 0 Å². The number of benzene rings is 1. The Morgan fingerprint density at radius 1 is 1.50 bits per heavy atom. The Kier molecular flexibility index (Phi) is 3.47. The Morgan fingerprint density at radius 3 is 3.07 bits per heavy atom. The van der Waals surface area contributed by atoms with E-state index < -0.39 is 7.15 Å². The standard InChI is InChI=1S/C9H9ClO2PS/c10-8-3-1-2-7(6-8)9-4-5-11-13(14)12-9/h1-3,6,9H,4-5H2/q+1. The van der Waals surface area contributed by atoms with Gasteiger partial charge in [-0.15, -0.1) is 9.05 Å². The van der Waals surface area contributed by atoms with Crippen molar-refractivity contribution in [1.82, 2.24) is 0 Å². The molecule has 0 spiro atoms. The van der Waals surface area contributed by atoms with E-state index in [0.717, 1.165) is 17.0 Å². The maximum absolute atomic E-state index is 5.89. The molecule has 2 nitrogen and oxygen atoms in total. The molecule has 1 aliphatic rings. The quantitative estimate of drug-likeness (QED) is 0.707. The van der Waals surface area contributed by atoms with Crippen LogP contribution in [0, 0.1) is 0 Å². The summed E-state index contributed by atoms with van der Waals surface area (Å²) in [5.41, 5.74) is 1.08. The number of rotatable bonds is 1. The van der Waals surface area contributed by atoms with Gasteiger partial charge in [0, 0.05) is 11.4 Å². The van der Waals surface area contributed by atoms with Crippen molar-refractivity contribution < 1.29 is 9.05 Å². The summed E-state index contributed by atoms with van der Waals surface area (Å²) in [5.74, 6) is 0. The Bertz CT molecular complexity index is 358. The molecule has 0 amide bonds. The van der Waals surface area contributed by atoms with Gasteiger partial charge in [-0.1, -0.05) is 23.7 Å². The van der Waals surface area contributed by atoms with Crippen molar-refractivity contribution in [1.29, 1.82) is 0 Å². The highest BCUT2D eigenvalue weighted by Crippen LogP contribution is 2.40. The first-order valence-corrected chi connectivity index (χ1v) is 6.85. The molecular formula is C9H9ClO2PS+. The lowest BCUT2D eigenvalue weighted by Crippen LogP contribution is -2.08. The third kappa shape index (κ3) is 2.50. The van der Waals surface area contributed by atoms with Gasteiger partial charge in [0.05, 0.1) is 0 Å². The molecule has 1 aromatic carbocycles. The molecular weight excluding hydrogens is 239 g/mol. The Morgan fingerprint density at radius 2 is 2.36 bits per heavy atom. The lowest BCUT2D eigenvalue weighted by molar-refractivity contribution is 0.119. The van der Waals surface area contributed by atoms with E-state index in [0.29, 0.717) is 6.61 Å². The normalized spacial score (nSPS) is 24.9. The fourth-order valence-electron chi connectivity index (χ4n) is 1.36. The Labute approximate surface area is 93.8 Å². The van der Waals surface area contributed by atoms with Gasteiger partial charge in [0.15, 0.2) is 0 Å². The second kappa shape index (κ2) is 4.65. The van der Waals surface area contributed by atoms with Crippen molar-refractivity contribution in [3.8, 4) is 0 Å². The molecule has 2 rings (SSSR count). The van der Waals surface area contributed by atoms with E-state index in [4.69, 9.17) is 32.5 Å². The molecule has 2 unspecified atom stereocenters. The summed E-state index contributed by atoms with van der Waals surface area (Å²) in [6.45, 7) is 0.673. The first-order valence-electron chi connectivity index (χ1n) is 4.28. The van der Waals surface area contributed by atoms with Gasteiger partial charge in [0.1, 0.15) is 12.7 Å². The molecule has 1 fully saturated rings. The predicted octanol–water partition coefficient (Wildman–Crippen LogP) is 3.59. The van der Waals surface area contributed by atoms with E-state index in [1.54, 1.807) is 0 Å². The largest absolute Gasteiger partial charge is 0.522 e. The zero-order valence-electron chi connectivity index (χ0n) is 7.35. The van der Waals surface area contributed by atoms with Crippen LogP contribution in [0.25, 0.3) is 0 Å². The Hall–Kier alpha value is -0.0500. The van der Waals surface area contributed by atoms with Gasteiger partial charge in [-0.05, 0) is 17.7 Å². The average Bonchev–Trinajstić information content (AvgIpc) is 2.18. The van der Waals surface area contributed by atoms with Gasteiger partial charge < -0.3 is 0 Å². The SMILES string of the molecule is S=[P+]1OCCC(c2cccc(Cl)c2)O1. The molecule has 0 saturated carbocycles. The highest BCUT2D eigenvalue weighted by Gasteiger charge is 2.30. The molecule has 1 heterocycles. The maximum Gasteiger partial charge on any atom is 0.522 e. The van der Waals surface area contributed by atoms with Gasteiger partial charge >= 0.3 is 7.15 Å². The molecule has 0 bridgehead atoms. The summed E-state index contributed by atoms with van der Waals surface area (Å²) in [7, 11) is -1.12. The lowest BCUT2D eigenvalue weighted by Gasteiger charge is -2.14. The minimum atomic E-state index is -1.12. The van der Waals surface area contributed by atoms with Crippen LogP contribution in [0.1, 0.15) is 18.1 Å². The smallest absolute Gasteiger partial charge is 0.142 e. The number of halogens is 1. The van der Waals surface area contributed by atoms with Crippen LogP contribution in [-0.4, -0.2) is 6.61 Å². The fraction of sp³-hybridized carbons (Fsp3) is 0.333. The first-order chi connectivity index (χ1) is 6.75. The summed E-state index contributed by atoms with van der Waals surface area (Å²) >= 11 is 10.9. The van der Waals surface area contributed by atoms with E-state index in [-0.39, 0.29) is 6.10 Å². The van der Waals surface area contributed by atoms with Crippen LogP contribution < -0.4 is 0 Å². The molecule has 0 aromatic heterocycles. The minimum absolute atomic E-state index is 0.0473. The van der Waals surface area contributed by atoms with Gasteiger partial charge in [0.25, 0.3) is 0 Å². The summed E-state index contributed by atoms with van der Waals surface area (Å²) in [5, 5.41) is 0.728. The topological polar surface area (TPSA) is 18.5 Å². The minimum Gasteiger partial charge on any atom is -0.142 e. The zero-order valence-corrected chi connectivity index (χ0v) is 9.82. The summed E-state index contributed by atoms with van der Waals surface area (Å²) in [6, 6.07) is 7.68. The number of hydrogen-bond donors (Lipinski definition) is 0. The highest BCUT2D eigenvalue weighted by molar-refractivity contribution is 8.00. The van der Waals surface area contributed by atoms with Crippen molar-refractivity contribution in [3.05, 3.63) is 34.9 Å². The number of hydrogen-bond acceptors (Lipinski definition) is 3. The highest BCUT2D eigenvalue weighted by atomic mass is 35.5. The second-order valence-corrected chi connectivity index (χ2v) is 5.24. The van der Waals surface area contributed by atoms with Crippen LogP contribution in [0.15, 0.2) is 24.3 Å².